The second-order valence-corrected chi connectivity index (χ2v) is 19.6. The lowest BCUT2D eigenvalue weighted by molar-refractivity contribution is -0.120. The molecular weight excluding hydrogens is 1000 g/mol. The second kappa shape index (κ2) is 20.6. The molecule has 2 aliphatic rings. The highest BCUT2D eigenvalue weighted by molar-refractivity contribution is 6.33. The van der Waals surface area contributed by atoms with Crippen molar-refractivity contribution in [3.8, 4) is 5.75 Å². The number of imidazole rings is 2. The van der Waals surface area contributed by atoms with E-state index >= 15 is 0 Å². The summed E-state index contributed by atoms with van der Waals surface area (Å²) in [5.74, 6) is 0.605. The first-order chi connectivity index (χ1) is 35.2. The molecular formula is C57H45Cl4N7O5. The Morgan fingerprint density at radius 3 is 1.68 bits per heavy atom. The molecule has 0 bridgehead atoms. The lowest BCUT2D eigenvalue weighted by Crippen LogP contribution is -2.38. The number of aliphatic imine (C=N–C) groups is 2. The number of Topliss-reactive ketones (excluding diaryl/α,β-unsaturated/α-hetero) is 1. The third-order valence-electron chi connectivity index (χ3n) is 13.3. The second-order valence-electron chi connectivity index (χ2n) is 17.9. The maximum Gasteiger partial charge on any atom is 0.326 e. The van der Waals surface area contributed by atoms with Gasteiger partial charge in [-0.1, -0.05) is 113 Å². The van der Waals surface area contributed by atoms with E-state index in [0.29, 0.717) is 62.1 Å². The van der Waals surface area contributed by atoms with Crippen LogP contribution in [-0.4, -0.2) is 61.4 Å². The Morgan fingerprint density at radius 1 is 0.589 bits per heavy atom. The number of ketones is 1. The van der Waals surface area contributed by atoms with E-state index in [1.54, 1.807) is 47.4 Å². The van der Waals surface area contributed by atoms with Gasteiger partial charge in [-0.25, -0.2) is 9.59 Å². The van der Waals surface area contributed by atoms with Crippen molar-refractivity contribution in [2.24, 2.45) is 24.1 Å². The molecule has 0 saturated carbocycles. The highest BCUT2D eigenvalue weighted by atomic mass is 35.5. The molecule has 11 rings (SSSR count). The van der Waals surface area contributed by atoms with E-state index < -0.39 is 12.1 Å². The van der Waals surface area contributed by atoms with Gasteiger partial charge in [0.2, 0.25) is 0 Å². The molecule has 2 aromatic heterocycles. The third-order valence-corrected chi connectivity index (χ3v) is 14.5. The zero-order valence-corrected chi connectivity index (χ0v) is 42.7. The van der Waals surface area contributed by atoms with E-state index in [4.69, 9.17) is 61.1 Å². The molecule has 0 radical (unpaired) electrons. The molecule has 9 aromatic rings. The molecule has 0 fully saturated rings. The molecule has 16 heteroatoms. The van der Waals surface area contributed by atoms with Gasteiger partial charge in [0.25, 0.3) is 5.91 Å². The SMILES string of the molecule is COc1ccc(CN2C(=O)C(Cc3ccccc3Cl)N=C(c3ccc4[nH]c(=O)n(C)c4c3)c3cc(Cl)ccc32)cc1.Cn1c(=O)[nH]c2ccc(C3=NC(Cc4ccccc4Cl)C(=O)Cc4ccc(Cl)cc43)cc21. The zero-order chi connectivity index (χ0) is 51.1. The van der Waals surface area contributed by atoms with Crippen molar-refractivity contribution >= 4 is 97.3 Å². The summed E-state index contributed by atoms with van der Waals surface area (Å²) in [6, 6.07) is 43.6. The zero-order valence-electron chi connectivity index (χ0n) is 39.6. The lowest BCUT2D eigenvalue weighted by Gasteiger charge is -2.26. The van der Waals surface area contributed by atoms with Crippen LogP contribution in [0.1, 0.15) is 44.5 Å². The molecule has 2 unspecified atom stereocenters. The fourth-order valence-corrected chi connectivity index (χ4v) is 10.1. The van der Waals surface area contributed by atoms with Crippen molar-refractivity contribution in [2.75, 3.05) is 12.0 Å². The maximum absolute atomic E-state index is 14.4. The monoisotopic (exact) mass is 1050 g/mol. The van der Waals surface area contributed by atoms with E-state index in [-0.39, 0.29) is 29.5 Å². The minimum atomic E-state index is -0.764. The number of nitrogens with zero attached hydrogens (tertiary/aromatic N) is 5. The number of carbonyl (C=O) groups is 2. The predicted molar refractivity (Wildman–Crippen MR) is 292 cm³/mol. The van der Waals surface area contributed by atoms with Gasteiger partial charge in [0.15, 0.2) is 5.78 Å². The summed E-state index contributed by atoms with van der Waals surface area (Å²) in [6.45, 7) is 0.324. The number of halogens is 4. The quantitative estimate of drug-likeness (QED) is 0.148. The average Bonchev–Trinajstić information content (AvgIpc) is 3.75. The minimum Gasteiger partial charge on any atom is -0.497 e. The smallest absolute Gasteiger partial charge is 0.326 e. The molecule has 7 aromatic carbocycles. The number of hydrogen-bond donors (Lipinski definition) is 2. The van der Waals surface area contributed by atoms with Crippen molar-refractivity contribution in [3.63, 3.8) is 0 Å². The largest absolute Gasteiger partial charge is 0.497 e. The van der Waals surface area contributed by atoms with Gasteiger partial charge in [-0.3, -0.25) is 28.7 Å². The number of H-pyrrole nitrogens is 2. The Labute approximate surface area is 439 Å². The summed E-state index contributed by atoms with van der Waals surface area (Å²) in [5, 5.41) is 2.29. The van der Waals surface area contributed by atoms with Gasteiger partial charge >= 0.3 is 11.4 Å². The number of hydrogen-bond acceptors (Lipinski definition) is 7. The number of aromatic amines is 2. The summed E-state index contributed by atoms with van der Waals surface area (Å²) >= 11 is 25.8. The topological polar surface area (TPSA) is 147 Å². The average molecular weight is 1050 g/mol. The fourth-order valence-electron chi connectivity index (χ4n) is 9.35. The Balaban J connectivity index is 0.000000173. The Kier molecular flexibility index (Phi) is 13.8. The van der Waals surface area contributed by atoms with Gasteiger partial charge in [0, 0.05) is 75.7 Å². The molecule has 366 valence electrons. The van der Waals surface area contributed by atoms with Crippen molar-refractivity contribution in [1.82, 2.24) is 19.1 Å². The number of methoxy groups -OCH3 is 1. The van der Waals surface area contributed by atoms with Crippen molar-refractivity contribution in [2.45, 2.75) is 37.9 Å². The van der Waals surface area contributed by atoms with E-state index in [0.717, 1.165) is 66.8 Å². The van der Waals surface area contributed by atoms with Crippen molar-refractivity contribution < 1.29 is 14.3 Å². The number of ether oxygens (including phenoxy) is 1. The number of anilines is 1. The number of amides is 1. The summed E-state index contributed by atoms with van der Waals surface area (Å²) in [7, 11) is 5.05. The number of aryl methyl sites for hydroxylation is 2. The first kappa shape index (κ1) is 49.1. The van der Waals surface area contributed by atoms with Gasteiger partial charge in [0.1, 0.15) is 17.8 Å². The van der Waals surface area contributed by atoms with E-state index in [1.807, 2.05) is 133 Å². The molecule has 73 heavy (non-hydrogen) atoms. The molecule has 2 atom stereocenters. The predicted octanol–water partition coefficient (Wildman–Crippen LogP) is 10.9. The first-order valence-corrected chi connectivity index (χ1v) is 24.8. The van der Waals surface area contributed by atoms with Gasteiger partial charge in [-0.05, 0) is 101 Å². The molecule has 4 heterocycles. The van der Waals surface area contributed by atoms with Gasteiger partial charge in [0.05, 0.1) is 52.8 Å². The van der Waals surface area contributed by atoms with Gasteiger partial charge in [-0.2, -0.15) is 0 Å². The van der Waals surface area contributed by atoms with Crippen LogP contribution in [0.15, 0.2) is 165 Å². The van der Waals surface area contributed by atoms with Crippen LogP contribution in [0.5, 0.6) is 5.75 Å². The number of benzene rings is 7. The number of aromatic nitrogens is 4. The fraction of sp³-hybridized carbons (Fsp3) is 0.158. The number of fused-ring (bicyclic) bond motifs is 4. The molecule has 2 N–H and O–H groups in total. The minimum absolute atomic E-state index is 0.0265. The van der Waals surface area contributed by atoms with Crippen LogP contribution in [0.3, 0.4) is 0 Å². The Bertz CT molecular complexity index is 3830. The van der Waals surface area contributed by atoms with Crippen molar-refractivity contribution in [1.29, 1.82) is 0 Å². The number of nitrogens with one attached hydrogen (secondary N) is 2. The van der Waals surface area contributed by atoms with Crippen LogP contribution < -0.4 is 21.0 Å². The maximum atomic E-state index is 14.4. The molecule has 0 aliphatic carbocycles. The van der Waals surface area contributed by atoms with Crippen LogP contribution in [0.2, 0.25) is 20.1 Å². The van der Waals surface area contributed by atoms with Crippen LogP contribution in [0, 0.1) is 0 Å². The molecule has 12 nitrogen and oxygen atoms in total. The van der Waals surface area contributed by atoms with Crippen LogP contribution in [0.4, 0.5) is 5.69 Å². The summed E-state index contributed by atoms with van der Waals surface area (Å²) in [6.07, 6.45) is 0.988. The summed E-state index contributed by atoms with van der Waals surface area (Å²) in [4.78, 5) is 69.4. The van der Waals surface area contributed by atoms with E-state index in [2.05, 4.69) is 9.97 Å². The Hall–Kier alpha value is -7.48. The first-order valence-electron chi connectivity index (χ1n) is 23.3. The van der Waals surface area contributed by atoms with Crippen molar-refractivity contribution in [3.05, 3.63) is 231 Å². The van der Waals surface area contributed by atoms with Crippen LogP contribution in [-0.2, 0) is 49.5 Å². The normalized spacial score (nSPS) is 15.5. The Morgan fingerprint density at radius 2 is 1.11 bits per heavy atom. The van der Waals surface area contributed by atoms with E-state index in [9.17, 15) is 19.2 Å². The van der Waals surface area contributed by atoms with Crippen LogP contribution >= 0.6 is 46.4 Å². The molecule has 1 amide bonds. The lowest BCUT2D eigenvalue weighted by atomic mass is 9.95. The van der Waals surface area contributed by atoms with Crippen LogP contribution in [0.25, 0.3) is 22.1 Å². The molecule has 0 saturated heterocycles. The number of carbonyl (C=O) groups excluding carboxylic acids is 2. The summed E-state index contributed by atoms with van der Waals surface area (Å²) in [5.41, 5.74) is 11.2. The standard InChI is InChI=1S/C32H26Cl2N4O3.C25H19Cl2N3O2/c1-37-29-16-21(9-13-26(29)36-32(37)40)30-24-17-22(33)10-14-28(24)38(18-19-7-11-23(41-2)12-8-19)31(39)27(35-30)15-20-5-3-4-6-25(20)34;1-30-22-11-16(7-9-20(22)29-25(30)32)24-18-13-17(26)8-6-14(18)12-23(31)21(28-24)10-15-4-2-3-5-19(15)27/h3-14,16-17,27H,15,18H2,1-2H3,(H,36,40);2-9,11,13,21H,10,12H2,1H3,(H,29,32). The molecule has 2 aliphatic heterocycles. The number of rotatable bonds is 9. The molecule has 0 spiro atoms. The summed E-state index contributed by atoms with van der Waals surface area (Å²) < 4.78 is 8.43. The van der Waals surface area contributed by atoms with Gasteiger partial charge in [-0.15, -0.1) is 0 Å². The van der Waals surface area contributed by atoms with E-state index in [1.165, 1.54) is 0 Å². The highest BCUT2D eigenvalue weighted by Gasteiger charge is 2.34. The third kappa shape index (κ3) is 10.0. The number of benzodiazepines with no additional fused rings is 1. The van der Waals surface area contributed by atoms with Gasteiger partial charge < -0.3 is 19.6 Å². The highest BCUT2D eigenvalue weighted by Crippen LogP contribution is 2.35.